The molecule has 0 aliphatic carbocycles. The van der Waals surface area contributed by atoms with Crippen molar-refractivity contribution in [2.75, 3.05) is 17.3 Å². The second-order valence-corrected chi connectivity index (χ2v) is 5.06. The lowest BCUT2D eigenvalue weighted by molar-refractivity contribution is -0.383. The molecule has 0 radical (unpaired) electrons. The number of nitrogens with one attached hydrogen (secondary N) is 1. The standard InChI is InChI=1S/C15H12N4O5/c1-18-12-7-13(19(22)23)11(6-10(12)8-24-15(18)21)17-14(20)9-2-4-16-5-3-9/h2-7H,8H2,1H3,(H,17,20). The van der Waals surface area contributed by atoms with Gasteiger partial charge in [-0.25, -0.2) is 4.79 Å². The van der Waals surface area contributed by atoms with E-state index in [1.54, 1.807) is 0 Å². The lowest BCUT2D eigenvalue weighted by Crippen LogP contribution is -2.32. The van der Waals surface area contributed by atoms with E-state index >= 15 is 0 Å². The van der Waals surface area contributed by atoms with Gasteiger partial charge in [-0.15, -0.1) is 0 Å². The van der Waals surface area contributed by atoms with Crippen molar-refractivity contribution in [3.05, 3.63) is 57.9 Å². The van der Waals surface area contributed by atoms with Crippen molar-refractivity contribution < 1.29 is 19.2 Å². The predicted octanol–water partition coefficient (Wildman–Crippen LogP) is 2.33. The van der Waals surface area contributed by atoms with Gasteiger partial charge in [-0.3, -0.25) is 24.8 Å². The van der Waals surface area contributed by atoms with Crippen LogP contribution in [0.1, 0.15) is 15.9 Å². The van der Waals surface area contributed by atoms with Crippen LogP contribution in [0.5, 0.6) is 0 Å². The average molecular weight is 328 g/mol. The molecule has 0 bridgehead atoms. The number of cyclic esters (lactones) is 1. The Morgan fingerprint density at radius 3 is 2.75 bits per heavy atom. The molecule has 0 saturated heterocycles. The van der Waals surface area contributed by atoms with Crippen LogP contribution in [0.4, 0.5) is 21.9 Å². The molecule has 0 saturated carbocycles. The third-order valence-electron chi connectivity index (χ3n) is 3.57. The number of ether oxygens (including phenoxy) is 1. The number of nitro benzene ring substituents is 1. The highest BCUT2D eigenvalue weighted by molar-refractivity contribution is 6.06. The van der Waals surface area contributed by atoms with Gasteiger partial charge in [0, 0.05) is 36.6 Å². The Kier molecular flexibility index (Phi) is 3.82. The summed E-state index contributed by atoms with van der Waals surface area (Å²) in [6.45, 7) is -0.0192. The van der Waals surface area contributed by atoms with Crippen molar-refractivity contribution in [2.24, 2.45) is 0 Å². The quantitative estimate of drug-likeness (QED) is 0.683. The largest absolute Gasteiger partial charge is 0.444 e. The van der Waals surface area contributed by atoms with Gasteiger partial charge in [0.25, 0.3) is 11.6 Å². The molecule has 9 heteroatoms. The van der Waals surface area contributed by atoms with Gasteiger partial charge in [-0.1, -0.05) is 0 Å². The molecule has 0 fully saturated rings. The summed E-state index contributed by atoms with van der Waals surface area (Å²) in [4.78, 5) is 39.5. The maximum absolute atomic E-state index is 12.2. The van der Waals surface area contributed by atoms with E-state index in [1.807, 2.05) is 0 Å². The number of hydrogen-bond donors (Lipinski definition) is 1. The number of aromatic nitrogens is 1. The molecule has 2 amide bonds. The first-order chi connectivity index (χ1) is 11.5. The molecule has 9 nitrogen and oxygen atoms in total. The zero-order valence-electron chi connectivity index (χ0n) is 12.6. The normalized spacial score (nSPS) is 13.0. The van der Waals surface area contributed by atoms with Gasteiger partial charge < -0.3 is 10.1 Å². The summed E-state index contributed by atoms with van der Waals surface area (Å²) in [5.41, 5.74) is 0.984. The zero-order valence-corrected chi connectivity index (χ0v) is 12.6. The molecule has 2 heterocycles. The van der Waals surface area contributed by atoms with Gasteiger partial charge in [0.1, 0.15) is 12.3 Å². The molecule has 122 valence electrons. The van der Waals surface area contributed by atoms with Crippen molar-refractivity contribution in [1.29, 1.82) is 0 Å². The number of hydrogen-bond acceptors (Lipinski definition) is 6. The summed E-state index contributed by atoms with van der Waals surface area (Å²) in [7, 11) is 1.46. The number of amides is 2. The van der Waals surface area contributed by atoms with E-state index in [1.165, 1.54) is 48.6 Å². The van der Waals surface area contributed by atoms with Gasteiger partial charge in [-0.05, 0) is 18.2 Å². The summed E-state index contributed by atoms with van der Waals surface area (Å²) in [6, 6.07) is 5.68. The monoisotopic (exact) mass is 328 g/mol. The number of carbonyl (C=O) groups excluding carboxylic acids is 2. The minimum atomic E-state index is -0.615. The van der Waals surface area contributed by atoms with Gasteiger partial charge in [0.2, 0.25) is 0 Å². The van der Waals surface area contributed by atoms with Crippen molar-refractivity contribution in [3.63, 3.8) is 0 Å². The van der Waals surface area contributed by atoms with Crippen LogP contribution in [0.2, 0.25) is 0 Å². The van der Waals surface area contributed by atoms with Crippen molar-refractivity contribution in [3.8, 4) is 0 Å². The Balaban J connectivity index is 2.00. The highest BCUT2D eigenvalue weighted by Crippen LogP contribution is 2.36. The molecule has 3 rings (SSSR count). The molecule has 0 unspecified atom stereocenters. The molecule has 2 aromatic rings. The molecule has 1 aliphatic heterocycles. The molecule has 0 atom stereocenters. The Bertz CT molecular complexity index is 837. The van der Waals surface area contributed by atoms with Crippen LogP contribution in [0, 0.1) is 10.1 Å². The second-order valence-electron chi connectivity index (χ2n) is 5.06. The van der Waals surface area contributed by atoms with Gasteiger partial charge in [0.15, 0.2) is 0 Å². The second kappa shape index (κ2) is 5.95. The van der Waals surface area contributed by atoms with Crippen LogP contribution in [0.25, 0.3) is 0 Å². The van der Waals surface area contributed by atoms with E-state index in [0.29, 0.717) is 16.8 Å². The van der Waals surface area contributed by atoms with Crippen molar-refractivity contribution in [1.82, 2.24) is 4.98 Å². The van der Waals surface area contributed by atoms with E-state index in [0.717, 1.165) is 0 Å². The van der Waals surface area contributed by atoms with Crippen LogP contribution in [0.15, 0.2) is 36.7 Å². The fourth-order valence-corrected chi connectivity index (χ4v) is 2.33. The number of pyridine rings is 1. The summed E-state index contributed by atoms with van der Waals surface area (Å²) in [6.07, 6.45) is 2.31. The lowest BCUT2D eigenvalue weighted by Gasteiger charge is -2.25. The first kappa shape index (κ1) is 15.4. The Labute approximate surface area is 136 Å². The number of nitrogens with zero attached hydrogens (tertiary/aromatic N) is 3. The van der Waals surface area contributed by atoms with E-state index in [2.05, 4.69) is 10.3 Å². The van der Waals surface area contributed by atoms with Crippen LogP contribution < -0.4 is 10.2 Å². The maximum atomic E-state index is 12.2. The van der Waals surface area contributed by atoms with Gasteiger partial charge >= 0.3 is 6.09 Å². The fraction of sp³-hybridized carbons (Fsp3) is 0.133. The molecule has 1 aliphatic rings. The van der Waals surface area contributed by atoms with Crippen LogP contribution in [-0.4, -0.2) is 29.0 Å². The topological polar surface area (TPSA) is 115 Å². The molecule has 1 aromatic carbocycles. The van der Waals surface area contributed by atoms with E-state index < -0.39 is 16.9 Å². The van der Waals surface area contributed by atoms with E-state index in [-0.39, 0.29) is 18.0 Å². The van der Waals surface area contributed by atoms with Gasteiger partial charge in [-0.2, -0.15) is 0 Å². The number of fused-ring (bicyclic) bond motifs is 1. The first-order valence-corrected chi connectivity index (χ1v) is 6.90. The summed E-state index contributed by atoms with van der Waals surface area (Å²) >= 11 is 0. The molecule has 1 N–H and O–H groups in total. The Morgan fingerprint density at radius 1 is 1.38 bits per heavy atom. The zero-order chi connectivity index (χ0) is 17.3. The molecular weight excluding hydrogens is 316 g/mol. The average Bonchev–Trinajstić information content (AvgIpc) is 2.58. The Hall–Kier alpha value is -3.49. The minimum Gasteiger partial charge on any atom is -0.444 e. The van der Waals surface area contributed by atoms with Crippen LogP contribution in [0.3, 0.4) is 0 Å². The molecular formula is C15H12N4O5. The highest BCUT2D eigenvalue weighted by atomic mass is 16.6. The lowest BCUT2D eigenvalue weighted by atomic mass is 10.1. The fourth-order valence-electron chi connectivity index (χ4n) is 2.33. The SMILES string of the molecule is CN1C(=O)OCc2cc(NC(=O)c3ccncc3)c([N+](=O)[O-])cc21. The summed E-state index contributed by atoms with van der Waals surface area (Å²) in [5, 5.41) is 13.8. The molecule has 0 spiro atoms. The van der Waals surface area contributed by atoms with Crippen LogP contribution in [-0.2, 0) is 11.3 Å². The minimum absolute atomic E-state index is 0.0192. The number of benzene rings is 1. The summed E-state index contributed by atoms with van der Waals surface area (Å²) < 4.78 is 4.96. The van der Waals surface area contributed by atoms with Crippen LogP contribution >= 0.6 is 0 Å². The molecule has 1 aromatic heterocycles. The number of rotatable bonds is 3. The first-order valence-electron chi connectivity index (χ1n) is 6.90. The highest BCUT2D eigenvalue weighted by Gasteiger charge is 2.28. The maximum Gasteiger partial charge on any atom is 0.414 e. The third-order valence-corrected chi connectivity index (χ3v) is 3.57. The van der Waals surface area contributed by atoms with E-state index in [4.69, 9.17) is 4.74 Å². The Morgan fingerprint density at radius 2 is 2.08 bits per heavy atom. The number of carbonyl (C=O) groups is 2. The van der Waals surface area contributed by atoms with Crippen molar-refractivity contribution in [2.45, 2.75) is 6.61 Å². The third kappa shape index (κ3) is 2.74. The number of anilines is 2. The molecule has 24 heavy (non-hydrogen) atoms. The van der Waals surface area contributed by atoms with Gasteiger partial charge in [0.05, 0.1) is 10.6 Å². The van der Waals surface area contributed by atoms with Crippen molar-refractivity contribution >= 4 is 29.1 Å². The summed E-state index contributed by atoms with van der Waals surface area (Å²) in [5.74, 6) is -0.499. The predicted molar refractivity (Wildman–Crippen MR) is 83.9 cm³/mol. The smallest absolute Gasteiger partial charge is 0.414 e. The van der Waals surface area contributed by atoms with E-state index in [9.17, 15) is 19.7 Å². The number of nitro groups is 1.